The molecule has 2 N–H and O–H groups in total. The molecular weight excluding hydrogens is 384 g/mol. The maximum Gasteiger partial charge on any atom is 0.303 e. The fraction of sp³-hybridized carbons (Fsp3) is 0.792. The van der Waals surface area contributed by atoms with Crippen LogP contribution in [0.5, 0.6) is 0 Å². The van der Waals surface area contributed by atoms with Crippen molar-refractivity contribution in [1.82, 2.24) is 0 Å². The van der Waals surface area contributed by atoms with E-state index in [1.807, 2.05) is 13.0 Å². The Morgan fingerprint density at radius 1 is 1.27 bits per heavy atom. The third kappa shape index (κ3) is 2.72. The monoisotopic (exact) mass is 418 g/mol. The first-order valence-corrected chi connectivity index (χ1v) is 11.3. The molecule has 6 nitrogen and oxygen atoms in total. The summed E-state index contributed by atoms with van der Waals surface area (Å²) in [6, 6.07) is 0. The number of ketones is 2. The zero-order valence-electron chi connectivity index (χ0n) is 18.4. The van der Waals surface area contributed by atoms with Gasteiger partial charge in [-0.2, -0.15) is 0 Å². The normalized spacial score (nSPS) is 47.6. The van der Waals surface area contributed by atoms with Crippen molar-refractivity contribution in [3.05, 3.63) is 11.6 Å². The molecule has 3 fully saturated rings. The summed E-state index contributed by atoms with van der Waals surface area (Å²) < 4.78 is 5.71. The van der Waals surface area contributed by atoms with Crippen LogP contribution in [0.1, 0.15) is 66.2 Å². The smallest absolute Gasteiger partial charge is 0.303 e. The number of hydrogen-bond donors (Lipinski definition) is 2. The Labute approximate surface area is 178 Å². The summed E-state index contributed by atoms with van der Waals surface area (Å²) in [6.07, 6.45) is 4.71. The molecule has 8 atom stereocenters. The lowest BCUT2D eigenvalue weighted by Crippen LogP contribution is -2.63. The van der Waals surface area contributed by atoms with Gasteiger partial charge in [-0.05, 0) is 67.3 Å². The van der Waals surface area contributed by atoms with Gasteiger partial charge in [0.05, 0.1) is 6.10 Å². The molecule has 0 bridgehead atoms. The van der Waals surface area contributed by atoms with Crippen molar-refractivity contribution in [1.29, 1.82) is 0 Å². The molecule has 0 unspecified atom stereocenters. The SMILES string of the molecule is CC(=O)O[C@]1(C(=O)CO)CC[C@H]2[C@@H]3C[C@H](C)C4=CC(=O)CC[C@]4(C)[C@H]3[C@@H](O)C[C@@]21C. The average molecular weight is 419 g/mol. The largest absolute Gasteiger partial charge is 0.451 e. The minimum absolute atomic E-state index is 0.0171. The van der Waals surface area contributed by atoms with Crippen LogP contribution < -0.4 is 0 Å². The Morgan fingerprint density at radius 2 is 1.97 bits per heavy atom. The highest BCUT2D eigenvalue weighted by Crippen LogP contribution is 2.69. The second-order valence-corrected chi connectivity index (χ2v) is 10.6. The van der Waals surface area contributed by atoms with Gasteiger partial charge in [0.15, 0.2) is 11.4 Å². The Balaban J connectivity index is 1.79. The van der Waals surface area contributed by atoms with Crippen LogP contribution in [-0.2, 0) is 19.1 Å². The zero-order chi connectivity index (χ0) is 22.1. The van der Waals surface area contributed by atoms with Crippen molar-refractivity contribution in [2.45, 2.75) is 77.9 Å². The van der Waals surface area contributed by atoms with E-state index in [0.29, 0.717) is 19.3 Å². The summed E-state index contributed by atoms with van der Waals surface area (Å²) in [7, 11) is 0. The number of hydrogen-bond acceptors (Lipinski definition) is 6. The molecule has 30 heavy (non-hydrogen) atoms. The molecule has 0 amide bonds. The number of fused-ring (bicyclic) bond motifs is 5. The Hall–Kier alpha value is -1.53. The second kappa shape index (κ2) is 6.99. The van der Waals surface area contributed by atoms with E-state index in [1.54, 1.807) is 0 Å². The van der Waals surface area contributed by atoms with Crippen LogP contribution in [0.2, 0.25) is 0 Å². The van der Waals surface area contributed by atoms with Crippen molar-refractivity contribution in [2.75, 3.05) is 6.61 Å². The highest BCUT2D eigenvalue weighted by atomic mass is 16.6. The van der Waals surface area contributed by atoms with Crippen molar-refractivity contribution in [3.8, 4) is 0 Å². The molecule has 0 aromatic heterocycles. The highest BCUT2D eigenvalue weighted by molar-refractivity contribution is 5.92. The van der Waals surface area contributed by atoms with E-state index in [2.05, 4.69) is 13.8 Å². The van der Waals surface area contributed by atoms with Gasteiger partial charge in [-0.3, -0.25) is 14.4 Å². The lowest BCUT2D eigenvalue weighted by Gasteiger charge is -2.62. The Bertz CT molecular complexity index is 817. The van der Waals surface area contributed by atoms with E-state index in [1.165, 1.54) is 12.5 Å². The number of Topliss-reactive ketones (excluding diaryl/α,β-unsaturated/α-hetero) is 1. The van der Waals surface area contributed by atoms with E-state index >= 15 is 0 Å². The summed E-state index contributed by atoms with van der Waals surface area (Å²) in [5, 5.41) is 21.2. The molecule has 0 heterocycles. The van der Waals surface area contributed by atoms with Gasteiger partial charge in [0.2, 0.25) is 5.78 Å². The van der Waals surface area contributed by atoms with Gasteiger partial charge in [-0.25, -0.2) is 0 Å². The number of carbonyl (C=O) groups is 3. The van der Waals surface area contributed by atoms with E-state index in [9.17, 15) is 24.6 Å². The minimum atomic E-state index is -1.38. The fourth-order valence-corrected chi connectivity index (χ4v) is 8.16. The molecule has 4 rings (SSSR count). The average Bonchev–Trinajstić information content (AvgIpc) is 2.94. The van der Waals surface area contributed by atoms with Gasteiger partial charge in [0.25, 0.3) is 0 Å². The Kier molecular flexibility index (Phi) is 5.06. The molecule has 166 valence electrons. The number of carbonyl (C=O) groups excluding carboxylic acids is 3. The number of rotatable bonds is 3. The summed E-state index contributed by atoms with van der Waals surface area (Å²) >= 11 is 0. The molecule has 4 aliphatic carbocycles. The maximum atomic E-state index is 12.9. The number of allylic oxidation sites excluding steroid dienone is 1. The predicted molar refractivity (Wildman–Crippen MR) is 109 cm³/mol. The summed E-state index contributed by atoms with van der Waals surface area (Å²) in [5.41, 5.74) is -1.17. The molecule has 0 aromatic carbocycles. The maximum absolute atomic E-state index is 12.9. The lowest BCUT2D eigenvalue weighted by atomic mass is 9.44. The van der Waals surface area contributed by atoms with Crippen molar-refractivity contribution in [2.24, 2.45) is 34.5 Å². The molecule has 0 aliphatic heterocycles. The molecule has 6 heteroatoms. The van der Waals surface area contributed by atoms with Gasteiger partial charge in [-0.1, -0.05) is 26.3 Å². The summed E-state index contributed by atoms with van der Waals surface area (Å²) in [6.45, 7) is 6.93. The Morgan fingerprint density at radius 3 is 2.60 bits per heavy atom. The first-order chi connectivity index (χ1) is 14.0. The standard InChI is InChI=1S/C24H34O6/c1-13-9-16-17-6-8-24(20(29)12-25,30-14(2)26)23(17,4)11-19(28)21(16)22(3)7-5-15(27)10-18(13)22/h10,13,16-17,19,21,25,28H,5-9,11-12H2,1-4H3/t13-,16-,17-,19-,21+,22-,23-,24-/m0/s1. The topological polar surface area (TPSA) is 101 Å². The molecule has 4 aliphatic rings. The van der Waals surface area contributed by atoms with Crippen LogP contribution in [0, 0.1) is 34.5 Å². The van der Waals surface area contributed by atoms with Gasteiger partial charge in [0.1, 0.15) is 6.61 Å². The quantitative estimate of drug-likeness (QED) is 0.683. The van der Waals surface area contributed by atoms with Crippen molar-refractivity contribution < 1.29 is 29.3 Å². The third-order valence-corrected chi connectivity index (χ3v) is 9.25. The molecule has 3 saturated carbocycles. The van der Waals surface area contributed by atoms with Crippen LogP contribution >= 0.6 is 0 Å². The molecule has 0 saturated heterocycles. The fourth-order valence-electron chi connectivity index (χ4n) is 8.16. The first-order valence-electron chi connectivity index (χ1n) is 11.3. The summed E-state index contributed by atoms with van der Waals surface area (Å²) in [5.74, 6) is -0.295. The van der Waals surface area contributed by atoms with Crippen molar-refractivity contribution in [3.63, 3.8) is 0 Å². The van der Waals surface area contributed by atoms with E-state index < -0.39 is 35.5 Å². The van der Waals surface area contributed by atoms with Gasteiger partial charge < -0.3 is 14.9 Å². The second-order valence-electron chi connectivity index (χ2n) is 10.6. The lowest BCUT2D eigenvalue weighted by molar-refractivity contribution is -0.202. The zero-order valence-corrected chi connectivity index (χ0v) is 18.4. The first kappa shape index (κ1) is 21.7. The number of ether oxygens (including phenoxy) is 1. The molecular formula is C24H34O6. The van der Waals surface area contributed by atoms with E-state index in [0.717, 1.165) is 19.3 Å². The predicted octanol–water partition coefficient (Wildman–Crippen LogP) is 2.60. The van der Waals surface area contributed by atoms with E-state index in [4.69, 9.17) is 4.74 Å². The third-order valence-electron chi connectivity index (χ3n) is 9.25. The molecule has 0 aromatic rings. The number of aliphatic hydroxyl groups is 2. The van der Waals surface area contributed by atoms with Crippen LogP contribution in [-0.4, -0.2) is 46.1 Å². The molecule has 0 radical (unpaired) electrons. The number of esters is 1. The number of aliphatic hydroxyl groups excluding tert-OH is 2. The van der Waals surface area contributed by atoms with E-state index in [-0.39, 0.29) is 34.9 Å². The minimum Gasteiger partial charge on any atom is -0.451 e. The molecule has 0 spiro atoms. The highest BCUT2D eigenvalue weighted by Gasteiger charge is 2.70. The van der Waals surface area contributed by atoms with Crippen LogP contribution in [0.15, 0.2) is 11.6 Å². The van der Waals surface area contributed by atoms with Crippen LogP contribution in [0.25, 0.3) is 0 Å². The van der Waals surface area contributed by atoms with Gasteiger partial charge in [0, 0.05) is 18.8 Å². The van der Waals surface area contributed by atoms with Crippen LogP contribution in [0.3, 0.4) is 0 Å². The van der Waals surface area contributed by atoms with Gasteiger partial charge in [-0.15, -0.1) is 0 Å². The summed E-state index contributed by atoms with van der Waals surface area (Å²) in [4.78, 5) is 37.0. The van der Waals surface area contributed by atoms with Crippen molar-refractivity contribution >= 4 is 17.5 Å². The van der Waals surface area contributed by atoms with Gasteiger partial charge >= 0.3 is 5.97 Å². The van der Waals surface area contributed by atoms with Crippen LogP contribution in [0.4, 0.5) is 0 Å².